The number of hydrogen-bond donors (Lipinski definition) is 1. The molecule has 1 aliphatic heterocycles. The maximum Gasteiger partial charge on any atom is 0.341 e. The number of aromatic nitrogens is 2. The molecular weight excluding hydrogens is 440 g/mol. The zero-order chi connectivity index (χ0) is 22.3. The molecule has 0 bridgehead atoms. The van der Waals surface area contributed by atoms with Gasteiger partial charge in [0, 0.05) is 25.0 Å². The number of sulfonamides is 1. The summed E-state index contributed by atoms with van der Waals surface area (Å²) < 4.78 is 34.0. The van der Waals surface area contributed by atoms with Gasteiger partial charge in [-0.1, -0.05) is 0 Å². The number of methoxy groups -OCH3 is 1. The van der Waals surface area contributed by atoms with Crippen LogP contribution in [0.2, 0.25) is 0 Å². The topological polar surface area (TPSA) is 111 Å². The molecule has 2 aromatic rings. The number of carbonyl (C=O) groups is 2. The minimum absolute atomic E-state index is 0.0984. The van der Waals surface area contributed by atoms with E-state index < -0.39 is 21.9 Å². The second-order valence-electron chi connectivity index (χ2n) is 7.96. The van der Waals surface area contributed by atoms with Crippen LogP contribution >= 0.6 is 11.3 Å². The van der Waals surface area contributed by atoms with Crippen molar-refractivity contribution in [2.75, 3.05) is 25.5 Å². The number of esters is 1. The molecule has 0 unspecified atom stereocenters. The molecular formula is C20H26N4O5S2. The summed E-state index contributed by atoms with van der Waals surface area (Å²) in [5, 5.41) is 7.43. The summed E-state index contributed by atoms with van der Waals surface area (Å²) >= 11 is 1.42. The van der Waals surface area contributed by atoms with Crippen molar-refractivity contribution in [3.8, 4) is 0 Å². The van der Waals surface area contributed by atoms with E-state index in [1.165, 1.54) is 33.6 Å². The highest BCUT2D eigenvalue weighted by Crippen LogP contribution is 2.40. The molecule has 1 N–H and O–H groups in total. The first-order valence-corrected chi connectivity index (χ1v) is 12.5. The number of rotatable bonds is 5. The molecule has 0 aromatic carbocycles. The SMILES string of the molecule is COC(=O)c1c(NC(=O)[C@H]2CCCN(S(=O)(=O)c3cnn(C)c3C)C2)sc2c1CCC2. The number of nitrogens with one attached hydrogen (secondary N) is 1. The second-order valence-corrected chi connectivity index (χ2v) is 11.0. The smallest absolute Gasteiger partial charge is 0.341 e. The van der Waals surface area contributed by atoms with Gasteiger partial charge in [-0.05, 0) is 44.6 Å². The van der Waals surface area contributed by atoms with Gasteiger partial charge in [0.25, 0.3) is 0 Å². The lowest BCUT2D eigenvalue weighted by Gasteiger charge is -2.31. The van der Waals surface area contributed by atoms with Crippen molar-refractivity contribution in [2.45, 2.75) is 43.9 Å². The number of hydrogen-bond acceptors (Lipinski definition) is 7. The van der Waals surface area contributed by atoms with Crippen molar-refractivity contribution in [3.63, 3.8) is 0 Å². The van der Waals surface area contributed by atoms with Crippen LogP contribution in [0.15, 0.2) is 11.1 Å². The van der Waals surface area contributed by atoms with Gasteiger partial charge in [0.1, 0.15) is 9.90 Å². The number of thiophene rings is 1. The normalized spacial score (nSPS) is 19.3. The average molecular weight is 467 g/mol. The molecule has 2 aromatic heterocycles. The third-order valence-electron chi connectivity index (χ3n) is 6.11. The molecule has 0 saturated carbocycles. The summed E-state index contributed by atoms with van der Waals surface area (Å²) in [6.45, 7) is 2.17. The maximum atomic E-state index is 13.1. The summed E-state index contributed by atoms with van der Waals surface area (Å²) in [6.07, 6.45) is 5.20. The van der Waals surface area contributed by atoms with E-state index in [1.54, 1.807) is 14.0 Å². The minimum atomic E-state index is -3.74. The van der Waals surface area contributed by atoms with Crippen molar-refractivity contribution in [1.82, 2.24) is 14.1 Å². The van der Waals surface area contributed by atoms with Crippen molar-refractivity contribution in [2.24, 2.45) is 13.0 Å². The lowest BCUT2D eigenvalue weighted by molar-refractivity contribution is -0.120. The van der Waals surface area contributed by atoms with Crippen molar-refractivity contribution in [1.29, 1.82) is 0 Å². The van der Waals surface area contributed by atoms with E-state index in [9.17, 15) is 18.0 Å². The number of aryl methyl sites for hydroxylation is 2. The molecule has 1 amide bonds. The standard InChI is InChI=1S/C20H26N4O5S2/c1-12-16(10-21-23(12)2)31(27,28)24-9-5-6-13(11-24)18(25)22-19-17(20(26)29-3)14-7-4-8-15(14)30-19/h10,13H,4-9,11H2,1-3H3,(H,22,25)/t13-/m0/s1. The molecule has 4 rings (SSSR count). The lowest BCUT2D eigenvalue weighted by Crippen LogP contribution is -2.43. The van der Waals surface area contributed by atoms with Gasteiger partial charge in [-0.3, -0.25) is 9.48 Å². The van der Waals surface area contributed by atoms with Crippen LogP contribution < -0.4 is 5.32 Å². The van der Waals surface area contributed by atoms with Crippen LogP contribution in [0.5, 0.6) is 0 Å². The molecule has 168 valence electrons. The Labute approximate surface area is 185 Å². The van der Waals surface area contributed by atoms with Crippen molar-refractivity contribution < 1.29 is 22.7 Å². The molecule has 0 radical (unpaired) electrons. The van der Waals surface area contributed by atoms with Crippen LogP contribution in [0.1, 0.15) is 45.8 Å². The zero-order valence-corrected chi connectivity index (χ0v) is 19.4. The fourth-order valence-electron chi connectivity index (χ4n) is 4.27. The van der Waals surface area contributed by atoms with Gasteiger partial charge in [-0.25, -0.2) is 13.2 Å². The largest absolute Gasteiger partial charge is 0.465 e. The second kappa shape index (κ2) is 8.36. The van der Waals surface area contributed by atoms with Gasteiger partial charge in [0.2, 0.25) is 15.9 Å². The fourth-order valence-corrected chi connectivity index (χ4v) is 7.26. The molecule has 0 spiro atoms. The van der Waals surface area contributed by atoms with E-state index in [4.69, 9.17) is 4.74 Å². The van der Waals surface area contributed by atoms with Crippen LogP contribution in [0.4, 0.5) is 5.00 Å². The van der Waals surface area contributed by atoms with Crippen molar-refractivity contribution >= 4 is 38.2 Å². The highest BCUT2D eigenvalue weighted by Gasteiger charge is 2.36. The highest BCUT2D eigenvalue weighted by molar-refractivity contribution is 7.89. The highest BCUT2D eigenvalue weighted by atomic mass is 32.2. The number of ether oxygens (including phenoxy) is 1. The van der Waals surface area contributed by atoms with Gasteiger partial charge in [-0.15, -0.1) is 11.3 Å². The fraction of sp³-hybridized carbons (Fsp3) is 0.550. The third kappa shape index (κ3) is 3.90. The summed E-state index contributed by atoms with van der Waals surface area (Å²) in [6, 6.07) is 0. The van der Waals surface area contributed by atoms with Gasteiger partial charge in [0.05, 0.1) is 30.5 Å². The number of piperidine rings is 1. The Kier molecular flexibility index (Phi) is 5.93. The molecule has 1 aliphatic carbocycles. The van der Waals surface area contributed by atoms with Crippen LogP contribution in [0.25, 0.3) is 0 Å². The van der Waals surface area contributed by atoms with Crippen LogP contribution in [0.3, 0.4) is 0 Å². The predicted octanol–water partition coefficient (Wildman–Crippen LogP) is 2.10. The molecule has 3 heterocycles. The number of amides is 1. The Morgan fingerprint density at radius 3 is 2.74 bits per heavy atom. The van der Waals surface area contributed by atoms with E-state index >= 15 is 0 Å². The van der Waals surface area contributed by atoms with Gasteiger partial charge < -0.3 is 10.1 Å². The van der Waals surface area contributed by atoms with E-state index in [0.717, 1.165) is 29.7 Å². The minimum Gasteiger partial charge on any atom is -0.465 e. The lowest BCUT2D eigenvalue weighted by atomic mass is 9.99. The Balaban J connectivity index is 1.53. The molecule has 2 aliphatic rings. The van der Waals surface area contributed by atoms with Crippen LogP contribution in [0, 0.1) is 12.8 Å². The predicted molar refractivity (Wildman–Crippen MR) is 116 cm³/mol. The van der Waals surface area contributed by atoms with Gasteiger partial charge in [0.15, 0.2) is 0 Å². The Bertz CT molecular complexity index is 1130. The molecule has 31 heavy (non-hydrogen) atoms. The summed E-state index contributed by atoms with van der Waals surface area (Å²) in [5.74, 6) is -1.22. The first-order valence-electron chi connectivity index (χ1n) is 10.3. The zero-order valence-electron chi connectivity index (χ0n) is 17.8. The van der Waals surface area contributed by atoms with E-state index in [0.29, 0.717) is 35.6 Å². The first-order chi connectivity index (χ1) is 14.7. The molecule has 11 heteroatoms. The average Bonchev–Trinajstić information content (AvgIpc) is 3.43. The summed E-state index contributed by atoms with van der Waals surface area (Å²) in [4.78, 5) is 26.6. The van der Waals surface area contributed by atoms with Gasteiger partial charge in [-0.2, -0.15) is 9.40 Å². The number of nitrogens with zero attached hydrogens (tertiary/aromatic N) is 3. The Morgan fingerprint density at radius 1 is 1.29 bits per heavy atom. The summed E-state index contributed by atoms with van der Waals surface area (Å²) in [5.41, 5.74) is 1.97. The molecule has 1 saturated heterocycles. The number of fused-ring (bicyclic) bond motifs is 1. The van der Waals surface area contributed by atoms with Gasteiger partial charge >= 0.3 is 5.97 Å². The first kappa shape index (κ1) is 22.0. The maximum absolute atomic E-state index is 13.1. The number of anilines is 1. The third-order valence-corrected chi connectivity index (χ3v) is 9.29. The Morgan fingerprint density at radius 2 is 2.06 bits per heavy atom. The summed E-state index contributed by atoms with van der Waals surface area (Å²) in [7, 11) is -0.713. The van der Waals surface area contributed by atoms with Crippen LogP contribution in [-0.4, -0.2) is 54.6 Å². The van der Waals surface area contributed by atoms with Crippen LogP contribution in [-0.2, 0) is 39.4 Å². The quantitative estimate of drug-likeness (QED) is 0.676. The molecule has 1 atom stereocenters. The van der Waals surface area contributed by atoms with E-state index in [-0.39, 0.29) is 17.3 Å². The molecule has 9 nitrogen and oxygen atoms in total. The van der Waals surface area contributed by atoms with E-state index in [2.05, 4.69) is 10.4 Å². The monoisotopic (exact) mass is 466 g/mol. The number of carbonyl (C=O) groups excluding carboxylic acids is 2. The van der Waals surface area contributed by atoms with E-state index in [1.807, 2.05) is 0 Å². The van der Waals surface area contributed by atoms with Crippen molar-refractivity contribution in [3.05, 3.63) is 27.9 Å². The molecule has 1 fully saturated rings. The Hall–Kier alpha value is -2.24.